The molecule has 0 aromatic heterocycles. The predicted molar refractivity (Wildman–Crippen MR) is 62.1 cm³/mol. The number of carbonyl (C=O) groups excluding carboxylic acids is 1. The molecule has 2 aliphatic rings. The third-order valence-electron chi connectivity index (χ3n) is 3.67. The van der Waals surface area contributed by atoms with Crippen LogP contribution in [0.4, 0.5) is 0 Å². The number of aliphatic hydroxyl groups excluding tert-OH is 1. The molecule has 0 bridgehead atoms. The molecule has 1 unspecified atom stereocenters. The molecule has 4 heteroatoms. The van der Waals surface area contributed by atoms with Gasteiger partial charge in [-0.3, -0.25) is 4.79 Å². The normalized spacial score (nSPS) is 26.6. The van der Waals surface area contributed by atoms with Gasteiger partial charge in [0.1, 0.15) is 0 Å². The molecule has 0 aromatic carbocycles. The Hall–Kier alpha value is -0.610. The van der Waals surface area contributed by atoms with Gasteiger partial charge in [-0.2, -0.15) is 0 Å². The Morgan fingerprint density at radius 2 is 2.12 bits per heavy atom. The lowest BCUT2D eigenvalue weighted by Gasteiger charge is -2.35. The highest BCUT2D eigenvalue weighted by Crippen LogP contribution is 2.27. The summed E-state index contributed by atoms with van der Waals surface area (Å²) >= 11 is 0. The molecule has 2 rings (SSSR count). The molecule has 0 spiro atoms. The maximum Gasteiger partial charge on any atom is 0.240 e. The fraction of sp³-hybridized carbons (Fsp3) is 0.917. The average molecular weight is 226 g/mol. The van der Waals surface area contributed by atoms with E-state index in [1.54, 1.807) is 0 Å². The quantitative estimate of drug-likeness (QED) is 0.718. The lowest BCUT2D eigenvalue weighted by molar-refractivity contribution is -0.134. The van der Waals surface area contributed by atoms with E-state index in [1.807, 2.05) is 18.7 Å². The number of hydrogen-bond donors (Lipinski definition) is 2. The number of rotatable bonds is 5. The van der Waals surface area contributed by atoms with Gasteiger partial charge in [-0.15, -0.1) is 0 Å². The van der Waals surface area contributed by atoms with Gasteiger partial charge in [0, 0.05) is 24.7 Å². The van der Waals surface area contributed by atoms with Crippen molar-refractivity contribution in [3.05, 3.63) is 0 Å². The Labute approximate surface area is 97.0 Å². The van der Waals surface area contributed by atoms with Crippen molar-refractivity contribution >= 4 is 5.91 Å². The van der Waals surface area contributed by atoms with E-state index in [9.17, 15) is 4.79 Å². The summed E-state index contributed by atoms with van der Waals surface area (Å²) in [4.78, 5) is 14.1. The monoisotopic (exact) mass is 226 g/mol. The molecule has 1 aliphatic carbocycles. The highest BCUT2D eigenvalue weighted by Gasteiger charge is 2.41. The van der Waals surface area contributed by atoms with Crippen LogP contribution >= 0.6 is 0 Å². The van der Waals surface area contributed by atoms with Crippen molar-refractivity contribution in [1.82, 2.24) is 10.2 Å². The van der Waals surface area contributed by atoms with Gasteiger partial charge in [0.25, 0.3) is 0 Å². The van der Waals surface area contributed by atoms with Gasteiger partial charge in [-0.25, -0.2) is 0 Å². The van der Waals surface area contributed by atoms with Crippen molar-refractivity contribution in [1.29, 1.82) is 0 Å². The van der Waals surface area contributed by atoms with Crippen LogP contribution < -0.4 is 5.32 Å². The number of amides is 1. The van der Waals surface area contributed by atoms with Gasteiger partial charge in [0.15, 0.2) is 0 Å². The van der Waals surface area contributed by atoms with Crippen LogP contribution in [0.2, 0.25) is 0 Å². The predicted octanol–water partition coefficient (Wildman–Crippen LogP) is 0.500. The van der Waals surface area contributed by atoms with Crippen molar-refractivity contribution in [2.75, 3.05) is 13.2 Å². The number of nitrogens with zero attached hydrogens (tertiary/aromatic N) is 1. The summed E-state index contributed by atoms with van der Waals surface area (Å²) in [6.45, 7) is 5.01. The summed E-state index contributed by atoms with van der Waals surface area (Å²) < 4.78 is 0. The minimum absolute atomic E-state index is 0.0190. The second-order valence-electron chi connectivity index (χ2n) is 5.56. The van der Waals surface area contributed by atoms with E-state index in [-0.39, 0.29) is 24.1 Å². The largest absolute Gasteiger partial charge is 0.396 e. The third-order valence-corrected chi connectivity index (χ3v) is 3.67. The van der Waals surface area contributed by atoms with Crippen LogP contribution in [0.15, 0.2) is 0 Å². The molecule has 1 saturated carbocycles. The second kappa shape index (κ2) is 4.34. The standard InChI is InChI=1S/C12H22N2O2/c1-12(2,6-8-15)14-7-5-10(11(14)16)13-9-3-4-9/h9-10,13,15H,3-8H2,1-2H3. The van der Waals surface area contributed by atoms with E-state index in [2.05, 4.69) is 5.32 Å². The Morgan fingerprint density at radius 3 is 2.69 bits per heavy atom. The molecule has 2 N–H and O–H groups in total. The first-order valence-electron chi connectivity index (χ1n) is 6.23. The summed E-state index contributed by atoms with van der Waals surface area (Å²) in [5.41, 5.74) is -0.216. The molecular formula is C12H22N2O2. The first-order valence-corrected chi connectivity index (χ1v) is 6.23. The van der Waals surface area contributed by atoms with Crippen LogP contribution in [-0.4, -0.2) is 46.7 Å². The number of aliphatic hydroxyl groups is 1. The Kier molecular flexibility index (Phi) is 3.22. The number of carbonyl (C=O) groups is 1. The Bertz CT molecular complexity index is 274. The second-order valence-corrected chi connectivity index (χ2v) is 5.56. The smallest absolute Gasteiger partial charge is 0.240 e. The molecular weight excluding hydrogens is 204 g/mol. The molecule has 0 aromatic rings. The molecule has 16 heavy (non-hydrogen) atoms. The molecule has 92 valence electrons. The van der Waals surface area contributed by atoms with Crippen molar-refractivity contribution in [3.8, 4) is 0 Å². The van der Waals surface area contributed by atoms with E-state index >= 15 is 0 Å². The average Bonchev–Trinajstić information content (AvgIpc) is 2.92. The Morgan fingerprint density at radius 1 is 1.44 bits per heavy atom. The van der Waals surface area contributed by atoms with E-state index in [0.29, 0.717) is 12.5 Å². The molecule has 1 heterocycles. The van der Waals surface area contributed by atoms with Crippen LogP contribution in [0.5, 0.6) is 0 Å². The summed E-state index contributed by atoms with van der Waals surface area (Å²) in [6, 6.07) is 0.598. The minimum atomic E-state index is -0.216. The molecule has 2 fully saturated rings. The summed E-state index contributed by atoms with van der Waals surface area (Å²) in [7, 11) is 0. The van der Waals surface area contributed by atoms with Gasteiger partial charge in [0.2, 0.25) is 5.91 Å². The van der Waals surface area contributed by atoms with Gasteiger partial charge in [0.05, 0.1) is 6.04 Å². The van der Waals surface area contributed by atoms with Crippen LogP contribution in [0.25, 0.3) is 0 Å². The molecule has 1 amide bonds. The van der Waals surface area contributed by atoms with Crippen LogP contribution in [0, 0.1) is 0 Å². The zero-order chi connectivity index (χ0) is 11.8. The highest BCUT2D eigenvalue weighted by molar-refractivity contribution is 5.84. The highest BCUT2D eigenvalue weighted by atomic mass is 16.3. The zero-order valence-electron chi connectivity index (χ0n) is 10.2. The van der Waals surface area contributed by atoms with E-state index in [4.69, 9.17) is 5.11 Å². The molecule has 1 saturated heterocycles. The first-order chi connectivity index (χ1) is 7.54. The fourth-order valence-electron chi connectivity index (χ4n) is 2.38. The lowest BCUT2D eigenvalue weighted by atomic mass is 9.99. The van der Waals surface area contributed by atoms with Crippen LogP contribution in [-0.2, 0) is 4.79 Å². The number of hydrogen-bond acceptors (Lipinski definition) is 3. The van der Waals surface area contributed by atoms with Gasteiger partial charge >= 0.3 is 0 Å². The van der Waals surface area contributed by atoms with Crippen LogP contribution in [0.3, 0.4) is 0 Å². The van der Waals surface area contributed by atoms with Gasteiger partial charge < -0.3 is 15.3 Å². The molecule has 4 nitrogen and oxygen atoms in total. The summed E-state index contributed by atoms with van der Waals surface area (Å²) in [5, 5.41) is 12.4. The minimum Gasteiger partial charge on any atom is -0.396 e. The van der Waals surface area contributed by atoms with E-state index in [1.165, 1.54) is 12.8 Å². The van der Waals surface area contributed by atoms with E-state index < -0.39 is 0 Å². The van der Waals surface area contributed by atoms with Crippen molar-refractivity contribution in [2.24, 2.45) is 0 Å². The Balaban J connectivity index is 1.94. The SMILES string of the molecule is CC(C)(CCO)N1CCC(NC2CC2)C1=O. The molecule has 1 aliphatic heterocycles. The molecule has 1 atom stereocenters. The fourth-order valence-corrected chi connectivity index (χ4v) is 2.38. The maximum atomic E-state index is 12.2. The number of likely N-dealkylation sites (tertiary alicyclic amines) is 1. The summed E-state index contributed by atoms with van der Waals surface area (Å²) in [5.74, 6) is 0.213. The lowest BCUT2D eigenvalue weighted by Crippen LogP contribution is -2.49. The zero-order valence-corrected chi connectivity index (χ0v) is 10.2. The van der Waals surface area contributed by atoms with Crippen LogP contribution in [0.1, 0.15) is 39.5 Å². The van der Waals surface area contributed by atoms with Crippen molar-refractivity contribution in [2.45, 2.75) is 57.2 Å². The topological polar surface area (TPSA) is 52.6 Å². The van der Waals surface area contributed by atoms with E-state index in [0.717, 1.165) is 13.0 Å². The van der Waals surface area contributed by atoms with Crippen molar-refractivity contribution < 1.29 is 9.90 Å². The van der Waals surface area contributed by atoms with Gasteiger partial charge in [-0.05, 0) is 39.5 Å². The maximum absolute atomic E-state index is 12.2. The molecule has 0 radical (unpaired) electrons. The van der Waals surface area contributed by atoms with Crippen molar-refractivity contribution in [3.63, 3.8) is 0 Å². The third kappa shape index (κ3) is 2.38. The first kappa shape index (κ1) is 11.9. The number of nitrogens with one attached hydrogen (secondary N) is 1. The van der Waals surface area contributed by atoms with Gasteiger partial charge in [-0.1, -0.05) is 0 Å². The summed E-state index contributed by atoms with van der Waals surface area (Å²) in [6.07, 6.45) is 3.98.